The third kappa shape index (κ3) is 9.35. The van der Waals surface area contributed by atoms with Crippen molar-refractivity contribution < 1.29 is 26.6 Å². The molecule has 0 N–H and O–H groups in total. The van der Waals surface area contributed by atoms with Crippen LogP contribution in [-0.4, -0.2) is 22.7 Å². The van der Waals surface area contributed by atoms with Gasteiger partial charge in [-0.3, -0.25) is 0 Å². The second-order valence-corrected chi connectivity index (χ2v) is 28.0. The Morgan fingerprint density at radius 3 is 0.796 bits per heavy atom. The minimum atomic E-state index is -3.32. The number of hydrogen-bond donors (Lipinski definition) is 0. The Morgan fingerprint density at radius 2 is 0.574 bits per heavy atom. The summed E-state index contributed by atoms with van der Waals surface area (Å²) in [6, 6.07) is 51.8. The average Bonchev–Trinajstić information content (AvgIpc) is 3.18. The number of hydrogen-bond acceptors (Lipinski definition) is 3. The summed E-state index contributed by atoms with van der Waals surface area (Å²) in [5.41, 5.74) is 0. The van der Waals surface area contributed by atoms with Gasteiger partial charge in [-0.1, -0.05) is 0 Å². The maximum absolute atomic E-state index is 8.01. The van der Waals surface area contributed by atoms with E-state index in [4.69, 9.17) is 10.4 Å². The van der Waals surface area contributed by atoms with E-state index in [1.807, 2.05) is 0 Å². The van der Waals surface area contributed by atoms with Crippen molar-refractivity contribution in [2.75, 3.05) is 0 Å². The normalized spacial score (nSPS) is 14.1. The molecule has 12 heteroatoms. The van der Waals surface area contributed by atoms with E-state index in [1.54, 1.807) is 0 Å². The molecule has 6 aromatic carbocycles. The molecule has 0 atom stereocenters. The average molecular weight is 1170 g/mol. The summed E-state index contributed by atoms with van der Waals surface area (Å²) in [5.74, 6) is 0. The van der Waals surface area contributed by atoms with Crippen LogP contribution in [0.2, 0.25) is 0 Å². The zero-order chi connectivity index (χ0) is 37.7. The number of rotatable bonds is 12. The Morgan fingerprint density at radius 1 is 0.352 bits per heavy atom. The second kappa shape index (κ2) is 18.8. The molecule has 0 bridgehead atoms. The van der Waals surface area contributed by atoms with E-state index in [9.17, 15) is 0 Å². The van der Waals surface area contributed by atoms with Crippen LogP contribution in [-0.2, 0) is 26.6 Å². The molecule has 0 spiro atoms. The maximum atomic E-state index is 8.01. The molecule has 3 nitrogen and oxygen atoms in total. The summed E-state index contributed by atoms with van der Waals surface area (Å²) in [5, 5.41) is 6.72. The molecule has 0 saturated heterocycles. The first kappa shape index (κ1) is 41.3. The van der Waals surface area contributed by atoms with Crippen LogP contribution in [0.15, 0.2) is 172 Å². The quantitative estimate of drug-likeness (QED) is 0.0903. The van der Waals surface area contributed by atoms with Crippen LogP contribution in [0.5, 0.6) is 0 Å². The van der Waals surface area contributed by atoms with E-state index >= 15 is 0 Å². The van der Waals surface area contributed by atoms with Crippen LogP contribution in [0, 0.1) is 0 Å². The molecule has 276 valence electrons. The molecule has 0 heterocycles. The fourth-order valence-electron chi connectivity index (χ4n) is 7.00. The summed E-state index contributed by atoms with van der Waals surface area (Å²) in [7, 11) is -6.64. The van der Waals surface area contributed by atoms with Crippen molar-refractivity contribution in [2.24, 2.45) is 0 Å². The van der Waals surface area contributed by atoms with Crippen LogP contribution in [0.3, 0.4) is 0 Å². The van der Waals surface area contributed by atoms with E-state index in [2.05, 4.69) is 241 Å². The number of halogens is 6. The predicted octanol–water partition coefficient (Wildman–Crippen LogP) is 10.6. The first-order valence-electron chi connectivity index (χ1n) is 17.6. The molecule has 0 aliphatic heterocycles. The fraction of sp³-hybridized carbons (Fsp3) is 0.143. The fourth-order valence-corrected chi connectivity index (χ4v) is 22.4. The second-order valence-electron chi connectivity index (χ2n) is 13.2. The standard InChI is InChI=1S/2C18H12Br3OSi.C6H11O.V/c2*19-13-1-7-16(8-2-13)23(22,17-9-3-14(20)4-10-17)18-11-5-15(21)6-12-18;7-6-4-2-1-3-5-6;/h2*1-12H;6H,1-5H2;/q3*-1;+3. The van der Waals surface area contributed by atoms with Gasteiger partial charge >= 0.3 is 381 Å². The van der Waals surface area contributed by atoms with Gasteiger partial charge in [0.25, 0.3) is 0 Å². The molecule has 6 aromatic rings. The first-order chi connectivity index (χ1) is 26.2. The van der Waals surface area contributed by atoms with Crippen molar-refractivity contribution in [3.05, 3.63) is 172 Å². The van der Waals surface area contributed by atoms with Crippen molar-refractivity contribution in [3.63, 3.8) is 0 Å². The van der Waals surface area contributed by atoms with Crippen molar-refractivity contribution in [1.82, 2.24) is 0 Å². The van der Waals surface area contributed by atoms with E-state index in [1.165, 1.54) is 6.42 Å². The molecular formula is C42H35Br6O3Si2V. The van der Waals surface area contributed by atoms with E-state index in [0.29, 0.717) is 0 Å². The number of benzene rings is 6. The van der Waals surface area contributed by atoms with Crippen molar-refractivity contribution in [2.45, 2.75) is 38.2 Å². The van der Waals surface area contributed by atoms with Gasteiger partial charge in [0.1, 0.15) is 0 Å². The Bertz CT molecular complexity index is 1770. The molecule has 0 unspecified atom stereocenters. The van der Waals surface area contributed by atoms with Gasteiger partial charge in [0, 0.05) is 0 Å². The van der Waals surface area contributed by atoms with Gasteiger partial charge in [-0.2, -0.15) is 0 Å². The van der Waals surface area contributed by atoms with Gasteiger partial charge in [-0.25, -0.2) is 0 Å². The van der Waals surface area contributed by atoms with Gasteiger partial charge in [-0.15, -0.1) is 0 Å². The summed E-state index contributed by atoms with van der Waals surface area (Å²) in [6.45, 7) is 0. The molecule has 0 radical (unpaired) electrons. The van der Waals surface area contributed by atoms with Crippen molar-refractivity contribution in [3.8, 4) is 0 Å². The Labute approximate surface area is 376 Å². The van der Waals surface area contributed by atoms with Crippen LogP contribution in [0.4, 0.5) is 0 Å². The summed E-state index contributed by atoms with van der Waals surface area (Å²) < 4.78 is 29.5. The van der Waals surface area contributed by atoms with Gasteiger partial charge in [0.15, 0.2) is 0 Å². The summed E-state index contributed by atoms with van der Waals surface area (Å²) >= 11 is 19.1. The molecular weight excluding hydrogens is 1140 g/mol. The van der Waals surface area contributed by atoms with Gasteiger partial charge < -0.3 is 0 Å². The summed E-state index contributed by atoms with van der Waals surface area (Å²) in [6.07, 6.45) is 5.53. The first-order valence-corrected chi connectivity index (χ1v) is 27.9. The van der Waals surface area contributed by atoms with Crippen molar-refractivity contribution in [1.29, 1.82) is 0 Å². The molecule has 0 aromatic heterocycles. The van der Waals surface area contributed by atoms with E-state index in [-0.39, 0.29) is 6.10 Å². The molecule has 1 aliphatic rings. The van der Waals surface area contributed by atoms with Crippen LogP contribution in [0.25, 0.3) is 0 Å². The van der Waals surface area contributed by atoms with Crippen LogP contribution < -0.4 is 31.1 Å². The summed E-state index contributed by atoms with van der Waals surface area (Å²) in [4.78, 5) is 0. The topological polar surface area (TPSA) is 27.7 Å². The SMILES string of the molecule is Brc1ccc([Si]([O][V]([O]C2CCCCC2)[O][Si](c2ccc(Br)cc2)(c2ccc(Br)cc2)c2ccc(Br)cc2)(c2ccc(Br)cc2)c2ccc(Br)cc2)cc1. The molecule has 7 rings (SSSR count). The molecule has 0 amide bonds. The molecule has 54 heavy (non-hydrogen) atoms. The van der Waals surface area contributed by atoms with Crippen LogP contribution >= 0.6 is 95.6 Å². The molecule has 1 fully saturated rings. The van der Waals surface area contributed by atoms with Crippen LogP contribution in [0.1, 0.15) is 32.1 Å². The Balaban J connectivity index is 1.50. The molecule has 1 aliphatic carbocycles. The van der Waals surface area contributed by atoms with Crippen molar-refractivity contribution >= 4 is 143 Å². The predicted molar refractivity (Wildman–Crippen MR) is 244 cm³/mol. The van der Waals surface area contributed by atoms with E-state index in [0.717, 1.165) is 83.6 Å². The Hall–Kier alpha value is -0.902. The Kier molecular flexibility index (Phi) is 14.4. The zero-order valence-corrected chi connectivity index (χ0v) is 41.8. The van der Waals surface area contributed by atoms with Gasteiger partial charge in [0.05, 0.1) is 0 Å². The van der Waals surface area contributed by atoms with Gasteiger partial charge in [0.2, 0.25) is 0 Å². The van der Waals surface area contributed by atoms with E-state index < -0.39 is 32.8 Å². The monoisotopic (exact) mass is 1170 g/mol. The molecule has 1 saturated carbocycles. The third-order valence-corrected chi connectivity index (χ3v) is 25.3. The minimum absolute atomic E-state index is 0.0525. The third-order valence-electron chi connectivity index (χ3n) is 9.71. The van der Waals surface area contributed by atoms with Gasteiger partial charge in [-0.05, 0) is 0 Å². The zero-order valence-electron chi connectivity index (χ0n) is 28.9.